The van der Waals surface area contributed by atoms with Crippen molar-refractivity contribution in [2.45, 2.75) is 25.9 Å². The van der Waals surface area contributed by atoms with Crippen molar-refractivity contribution in [1.29, 1.82) is 0 Å². The molecule has 1 saturated heterocycles. The first kappa shape index (κ1) is 17.6. The number of benzene rings is 1. The molecule has 25 heavy (non-hydrogen) atoms. The minimum atomic E-state index is -0.372. The zero-order chi connectivity index (χ0) is 18.0. The van der Waals surface area contributed by atoms with Crippen LogP contribution in [0.4, 0.5) is 4.79 Å². The summed E-state index contributed by atoms with van der Waals surface area (Å²) in [4.78, 5) is 12.0. The van der Waals surface area contributed by atoms with E-state index in [1.54, 1.807) is 7.11 Å². The van der Waals surface area contributed by atoms with E-state index in [1.165, 1.54) is 5.01 Å². The SMILES string of the molecule is C=C[C@H]1COc2cc(OC)ccc2[C@H]1NNN1C(=O)OC[C@@H]1C(C)C. The van der Waals surface area contributed by atoms with E-state index in [0.717, 1.165) is 17.1 Å². The van der Waals surface area contributed by atoms with Crippen molar-refractivity contribution < 1.29 is 19.0 Å². The van der Waals surface area contributed by atoms with Gasteiger partial charge in [0, 0.05) is 17.5 Å². The molecule has 1 aromatic rings. The highest BCUT2D eigenvalue weighted by molar-refractivity contribution is 5.69. The van der Waals surface area contributed by atoms with Crippen LogP contribution in [0.1, 0.15) is 25.5 Å². The molecule has 136 valence electrons. The Morgan fingerprint density at radius 1 is 1.36 bits per heavy atom. The van der Waals surface area contributed by atoms with E-state index in [4.69, 9.17) is 14.2 Å². The molecule has 0 spiro atoms. The fourth-order valence-electron chi connectivity index (χ4n) is 3.12. The lowest BCUT2D eigenvalue weighted by Gasteiger charge is -2.35. The highest BCUT2D eigenvalue weighted by Crippen LogP contribution is 2.37. The van der Waals surface area contributed by atoms with Crippen LogP contribution in [-0.2, 0) is 4.74 Å². The number of carbonyl (C=O) groups excluding carboxylic acids is 1. The lowest BCUT2D eigenvalue weighted by atomic mass is 9.91. The maximum atomic E-state index is 12.0. The first-order valence-corrected chi connectivity index (χ1v) is 8.45. The van der Waals surface area contributed by atoms with E-state index >= 15 is 0 Å². The predicted octanol–water partition coefficient (Wildman–Crippen LogP) is 2.42. The molecule has 3 atom stereocenters. The molecule has 1 fully saturated rings. The summed E-state index contributed by atoms with van der Waals surface area (Å²) in [6.07, 6.45) is 1.48. The number of nitrogens with zero attached hydrogens (tertiary/aromatic N) is 1. The molecule has 1 aromatic carbocycles. The third kappa shape index (κ3) is 3.43. The highest BCUT2D eigenvalue weighted by atomic mass is 16.6. The van der Waals surface area contributed by atoms with Crippen LogP contribution >= 0.6 is 0 Å². The summed E-state index contributed by atoms with van der Waals surface area (Å²) in [6.45, 7) is 8.91. The molecule has 0 aliphatic carbocycles. The summed E-state index contributed by atoms with van der Waals surface area (Å²) < 4.78 is 16.2. The maximum absolute atomic E-state index is 12.0. The quantitative estimate of drug-likeness (QED) is 0.608. The molecule has 3 rings (SSSR count). The van der Waals surface area contributed by atoms with E-state index in [1.807, 2.05) is 24.3 Å². The van der Waals surface area contributed by atoms with E-state index in [0.29, 0.717) is 13.2 Å². The van der Waals surface area contributed by atoms with E-state index in [2.05, 4.69) is 31.4 Å². The molecule has 1 amide bonds. The molecule has 7 nitrogen and oxygen atoms in total. The van der Waals surface area contributed by atoms with Gasteiger partial charge in [0.25, 0.3) is 0 Å². The zero-order valence-electron chi connectivity index (χ0n) is 14.8. The molecule has 0 bridgehead atoms. The molecule has 7 heteroatoms. The van der Waals surface area contributed by atoms with Crippen LogP contribution < -0.4 is 20.4 Å². The zero-order valence-corrected chi connectivity index (χ0v) is 14.8. The molecular formula is C18H25N3O4. The number of fused-ring (bicyclic) bond motifs is 1. The normalized spacial score (nSPS) is 25.4. The van der Waals surface area contributed by atoms with Gasteiger partial charge in [-0.15, -0.1) is 6.58 Å². The molecule has 0 aromatic heterocycles. The van der Waals surface area contributed by atoms with E-state index in [9.17, 15) is 4.79 Å². The summed E-state index contributed by atoms with van der Waals surface area (Å²) in [6, 6.07) is 5.62. The number of hydrogen-bond donors (Lipinski definition) is 2. The van der Waals surface area contributed by atoms with Crippen LogP contribution in [0.3, 0.4) is 0 Å². The average molecular weight is 347 g/mol. The number of ether oxygens (including phenoxy) is 3. The van der Waals surface area contributed by atoms with Gasteiger partial charge in [-0.25, -0.2) is 15.2 Å². The second kappa shape index (κ2) is 7.33. The Hall–Kier alpha value is -2.25. The van der Waals surface area contributed by atoms with E-state index in [-0.39, 0.29) is 30.0 Å². The van der Waals surface area contributed by atoms with Crippen molar-refractivity contribution >= 4 is 6.09 Å². The fraction of sp³-hybridized carbons (Fsp3) is 0.500. The van der Waals surface area contributed by atoms with Crippen molar-refractivity contribution in [2.75, 3.05) is 20.3 Å². The standard InChI is InChI=1S/C18H25N3O4/c1-5-12-9-24-16-8-13(23-4)6-7-14(16)17(12)19-20-21-15(11(2)3)10-25-18(21)22/h5-8,11-12,15,17,19-20H,1,9-10H2,2-4H3/t12-,15+,17-/m0/s1. The van der Waals surface area contributed by atoms with Crippen molar-refractivity contribution in [3.63, 3.8) is 0 Å². The van der Waals surface area contributed by atoms with Gasteiger partial charge in [-0.2, -0.15) is 5.53 Å². The van der Waals surface area contributed by atoms with Crippen molar-refractivity contribution in [3.05, 3.63) is 36.4 Å². The van der Waals surface area contributed by atoms with E-state index < -0.39 is 0 Å². The Morgan fingerprint density at radius 3 is 2.84 bits per heavy atom. The van der Waals surface area contributed by atoms with Crippen LogP contribution in [-0.4, -0.2) is 37.5 Å². The number of cyclic esters (lactones) is 1. The van der Waals surface area contributed by atoms with Crippen LogP contribution in [0.2, 0.25) is 0 Å². The number of methoxy groups -OCH3 is 1. The first-order chi connectivity index (χ1) is 12.0. The van der Waals surface area contributed by atoms with Gasteiger partial charge in [0.15, 0.2) is 0 Å². The van der Waals surface area contributed by atoms with Crippen LogP contribution in [0.5, 0.6) is 11.5 Å². The highest BCUT2D eigenvalue weighted by Gasteiger charge is 2.37. The first-order valence-electron chi connectivity index (χ1n) is 8.45. The minimum absolute atomic E-state index is 0.0163. The second-order valence-electron chi connectivity index (χ2n) is 6.61. The molecule has 0 saturated carbocycles. The number of amides is 1. The summed E-state index contributed by atoms with van der Waals surface area (Å²) in [7, 11) is 1.62. The summed E-state index contributed by atoms with van der Waals surface area (Å²) >= 11 is 0. The van der Waals surface area contributed by atoms with Crippen molar-refractivity contribution in [1.82, 2.24) is 16.0 Å². The Balaban J connectivity index is 1.78. The summed E-state index contributed by atoms with van der Waals surface area (Å²) in [5.41, 5.74) is 7.28. The molecule has 2 aliphatic heterocycles. The molecule has 0 radical (unpaired) electrons. The number of rotatable bonds is 6. The second-order valence-corrected chi connectivity index (χ2v) is 6.61. The molecular weight excluding hydrogens is 322 g/mol. The topological polar surface area (TPSA) is 72.1 Å². The van der Waals surface area contributed by atoms with Crippen molar-refractivity contribution in [2.24, 2.45) is 11.8 Å². The Bertz CT molecular complexity index is 649. The fourth-order valence-corrected chi connectivity index (χ4v) is 3.12. The molecule has 0 unspecified atom stereocenters. The number of hydrazine groups is 2. The maximum Gasteiger partial charge on any atom is 0.425 e. The third-order valence-electron chi connectivity index (χ3n) is 4.73. The van der Waals surface area contributed by atoms with Gasteiger partial charge >= 0.3 is 6.09 Å². The van der Waals surface area contributed by atoms with Gasteiger partial charge < -0.3 is 14.2 Å². The van der Waals surface area contributed by atoms with Gasteiger partial charge in [-0.1, -0.05) is 19.9 Å². The van der Waals surface area contributed by atoms with Gasteiger partial charge in [-0.3, -0.25) is 0 Å². The van der Waals surface area contributed by atoms with Crippen LogP contribution in [0, 0.1) is 11.8 Å². The lowest BCUT2D eigenvalue weighted by molar-refractivity contribution is 0.0985. The van der Waals surface area contributed by atoms with Gasteiger partial charge in [0.2, 0.25) is 0 Å². The molecule has 2 heterocycles. The van der Waals surface area contributed by atoms with Crippen LogP contribution in [0.25, 0.3) is 0 Å². The monoisotopic (exact) mass is 347 g/mol. The Labute approximate surface area is 147 Å². The number of hydrogen-bond acceptors (Lipinski definition) is 6. The molecule has 2 aliphatic rings. The van der Waals surface area contributed by atoms with Crippen LogP contribution in [0.15, 0.2) is 30.9 Å². The molecule has 2 N–H and O–H groups in total. The third-order valence-corrected chi connectivity index (χ3v) is 4.73. The summed E-state index contributed by atoms with van der Waals surface area (Å²) in [5, 5.41) is 1.52. The largest absolute Gasteiger partial charge is 0.497 e. The number of nitrogens with one attached hydrogen (secondary N) is 2. The minimum Gasteiger partial charge on any atom is -0.497 e. The smallest absolute Gasteiger partial charge is 0.425 e. The summed E-state index contributed by atoms with van der Waals surface area (Å²) in [5.74, 6) is 1.85. The Kier molecular flexibility index (Phi) is 5.15. The average Bonchev–Trinajstić information content (AvgIpc) is 2.99. The van der Waals surface area contributed by atoms with Gasteiger partial charge in [0.1, 0.15) is 18.1 Å². The van der Waals surface area contributed by atoms with Gasteiger partial charge in [-0.05, 0) is 18.1 Å². The lowest BCUT2D eigenvalue weighted by Crippen LogP contribution is -2.55. The van der Waals surface area contributed by atoms with Gasteiger partial charge in [0.05, 0.1) is 25.8 Å². The Morgan fingerprint density at radius 2 is 2.16 bits per heavy atom. The predicted molar refractivity (Wildman–Crippen MR) is 93.0 cm³/mol. The number of carbonyl (C=O) groups is 1. The van der Waals surface area contributed by atoms with Crippen molar-refractivity contribution in [3.8, 4) is 11.5 Å².